The van der Waals surface area contributed by atoms with Gasteiger partial charge in [0.05, 0.1) is 0 Å². The second-order valence-electron chi connectivity index (χ2n) is 3.96. The van der Waals surface area contributed by atoms with Crippen molar-refractivity contribution < 1.29 is 128 Å². The summed E-state index contributed by atoms with van der Waals surface area (Å²) in [5.41, 5.74) is -24.6. The van der Waals surface area contributed by atoms with Crippen molar-refractivity contribution in [2.45, 2.75) is 22.0 Å². The summed E-state index contributed by atoms with van der Waals surface area (Å²) in [6.07, 6.45) is 0. The SMILES string of the molecule is O=S(=O)(NS(=O)(=O)C(F)(F)F)C(F)(F)F.O=S(=O)(NS(=O)(=O)C(F)(F)F)C(F)(F)F.[W].[W]. The van der Waals surface area contributed by atoms with E-state index in [2.05, 4.69) is 0 Å². The first-order valence-electron chi connectivity index (χ1n) is 5.23. The summed E-state index contributed by atoms with van der Waals surface area (Å²) >= 11 is 0. The molecule has 0 aliphatic carbocycles. The number of nitrogens with one attached hydrogen (secondary N) is 2. The molecule has 0 unspecified atom stereocenters. The van der Waals surface area contributed by atoms with Gasteiger partial charge in [-0.25, -0.2) is 33.7 Å². The predicted molar refractivity (Wildman–Crippen MR) is 66.2 cm³/mol. The maximum absolute atomic E-state index is 11.5. The summed E-state index contributed by atoms with van der Waals surface area (Å²) in [7, 11) is -26.4. The Hall–Kier alpha value is 0.257. The molecule has 2 N–H and O–H groups in total. The summed E-state index contributed by atoms with van der Waals surface area (Å²) in [6.45, 7) is 0. The second kappa shape index (κ2) is 11.3. The molecule has 0 saturated carbocycles. The van der Waals surface area contributed by atoms with E-state index in [0.717, 1.165) is 0 Å². The molecule has 0 saturated heterocycles. The molecule has 0 spiro atoms. The van der Waals surface area contributed by atoms with Crippen molar-refractivity contribution in [2.75, 3.05) is 0 Å². The molecule has 0 radical (unpaired) electrons. The van der Waals surface area contributed by atoms with Crippen LogP contribution in [0.1, 0.15) is 0 Å². The number of hydrogen-bond acceptors (Lipinski definition) is 8. The molecule has 28 heteroatoms. The summed E-state index contributed by atoms with van der Waals surface area (Å²) in [5, 5.41) is 0. The quantitative estimate of drug-likeness (QED) is 0.387. The van der Waals surface area contributed by atoms with E-state index in [1.807, 2.05) is 0 Å². The molecule has 0 rings (SSSR count). The van der Waals surface area contributed by atoms with Crippen LogP contribution >= 0.6 is 0 Å². The van der Waals surface area contributed by atoms with Gasteiger partial charge >= 0.3 is 62.1 Å². The minimum absolute atomic E-state index is 0. The Bertz CT molecular complexity index is 866. The fourth-order valence-corrected chi connectivity index (χ4v) is 4.30. The molecule has 0 heterocycles. The van der Waals surface area contributed by atoms with Gasteiger partial charge in [0.1, 0.15) is 0 Å². The van der Waals surface area contributed by atoms with Crippen molar-refractivity contribution in [1.82, 2.24) is 8.25 Å². The Labute approximate surface area is 198 Å². The van der Waals surface area contributed by atoms with Crippen LogP contribution in [0.4, 0.5) is 52.7 Å². The molecule has 196 valence electrons. The van der Waals surface area contributed by atoms with Gasteiger partial charge in [-0.1, -0.05) is 8.25 Å². The van der Waals surface area contributed by atoms with Crippen LogP contribution in [-0.2, 0) is 82.2 Å². The number of alkyl halides is 12. The Kier molecular flexibility index (Phi) is 14.0. The van der Waals surface area contributed by atoms with Crippen molar-refractivity contribution in [2.24, 2.45) is 0 Å². The van der Waals surface area contributed by atoms with E-state index < -0.39 is 70.4 Å². The molecular weight excluding hydrogens is 928 g/mol. The first-order valence-corrected chi connectivity index (χ1v) is 11.2. The molecule has 0 aromatic rings. The van der Waals surface area contributed by atoms with Gasteiger partial charge in [0.25, 0.3) is 0 Å². The molecule has 0 aliphatic heterocycles. The molecule has 0 aromatic carbocycles. The van der Waals surface area contributed by atoms with Crippen molar-refractivity contribution in [3.05, 3.63) is 0 Å². The van der Waals surface area contributed by atoms with Gasteiger partial charge in [-0.05, 0) is 0 Å². The van der Waals surface area contributed by atoms with Gasteiger partial charge < -0.3 is 0 Å². The molecule has 32 heavy (non-hydrogen) atoms. The Morgan fingerprint density at radius 3 is 0.500 bits per heavy atom. The van der Waals surface area contributed by atoms with Crippen LogP contribution < -0.4 is 8.25 Å². The maximum atomic E-state index is 11.5. The Balaban J connectivity index is -0.000000231. The van der Waals surface area contributed by atoms with Gasteiger partial charge in [0.2, 0.25) is 0 Å². The zero-order chi connectivity index (χ0) is 25.4. The third-order valence-corrected chi connectivity index (χ3v) is 7.61. The van der Waals surface area contributed by atoms with Gasteiger partial charge in [-0.15, -0.1) is 0 Å². The van der Waals surface area contributed by atoms with Crippen molar-refractivity contribution in [3.8, 4) is 0 Å². The molecule has 0 aromatic heterocycles. The Morgan fingerprint density at radius 2 is 0.438 bits per heavy atom. The topological polar surface area (TPSA) is 161 Å². The maximum Gasteiger partial charge on any atom is 0.512 e. The van der Waals surface area contributed by atoms with E-state index in [9.17, 15) is 86.4 Å². The Morgan fingerprint density at radius 1 is 0.344 bits per heavy atom. The fraction of sp³-hybridized carbons (Fsp3) is 1.00. The fourth-order valence-electron chi connectivity index (χ4n) is 0.478. The first kappa shape index (κ1) is 39.5. The molecule has 0 fully saturated rings. The summed E-state index contributed by atoms with van der Waals surface area (Å²) in [4.78, 5) is 0. The molecule has 0 bridgehead atoms. The number of sulfonamides is 4. The first-order chi connectivity index (χ1) is 12.4. The van der Waals surface area contributed by atoms with Crippen LogP contribution in [-0.4, -0.2) is 55.7 Å². The number of hydrogen-bond donors (Lipinski definition) is 2. The molecule has 0 amide bonds. The summed E-state index contributed by atoms with van der Waals surface area (Å²) in [6, 6.07) is 0. The third kappa shape index (κ3) is 11.1. The van der Waals surface area contributed by atoms with Crippen LogP contribution in [0.2, 0.25) is 0 Å². The van der Waals surface area contributed by atoms with Crippen LogP contribution in [0.15, 0.2) is 0 Å². The third-order valence-electron chi connectivity index (χ3n) is 1.66. The zero-order valence-electron chi connectivity index (χ0n) is 13.3. The van der Waals surface area contributed by atoms with Crippen molar-refractivity contribution in [3.63, 3.8) is 0 Å². The van der Waals surface area contributed by atoms with E-state index in [-0.39, 0.29) is 42.1 Å². The second-order valence-corrected chi connectivity index (χ2v) is 11.2. The van der Waals surface area contributed by atoms with E-state index in [1.54, 1.807) is 0 Å². The standard InChI is InChI=1S/2C2HF6NO4S2.2W/c2*3-1(4,5)14(10,11)9-15(12,13)2(6,7)8;;/h2*9H;;. The van der Waals surface area contributed by atoms with Gasteiger partial charge in [-0.2, -0.15) is 52.7 Å². The van der Waals surface area contributed by atoms with Gasteiger partial charge in [0.15, 0.2) is 0 Å². The van der Waals surface area contributed by atoms with Crippen molar-refractivity contribution in [1.29, 1.82) is 0 Å². The molecular formula is C4H2F12N2O8S4W2. The molecule has 0 aliphatic rings. The monoisotopic (exact) mass is 930 g/mol. The van der Waals surface area contributed by atoms with Gasteiger partial charge in [0, 0.05) is 42.1 Å². The van der Waals surface area contributed by atoms with E-state index in [4.69, 9.17) is 0 Å². The van der Waals surface area contributed by atoms with Crippen LogP contribution in [0.25, 0.3) is 0 Å². The summed E-state index contributed by atoms with van der Waals surface area (Å²) in [5.74, 6) is 0. The zero-order valence-corrected chi connectivity index (χ0v) is 22.4. The van der Waals surface area contributed by atoms with Crippen LogP contribution in [0, 0.1) is 0 Å². The van der Waals surface area contributed by atoms with Crippen LogP contribution in [0.5, 0.6) is 0 Å². The van der Waals surface area contributed by atoms with E-state index in [0.29, 0.717) is 0 Å². The average molecular weight is 930 g/mol. The number of rotatable bonds is 4. The van der Waals surface area contributed by atoms with E-state index >= 15 is 0 Å². The minimum Gasteiger partial charge on any atom is -0.202 e. The predicted octanol–water partition coefficient (Wildman–Crippen LogP) is 0.545. The van der Waals surface area contributed by atoms with Crippen molar-refractivity contribution >= 4 is 40.1 Å². The number of halogens is 12. The largest absolute Gasteiger partial charge is 0.512 e. The average Bonchev–Trinajstić information content (AvgIpc) is 2.30. The molecule has 10 nitrogen and oxygen atoms in total. The smallest absolute Gasteiger partial charge is 0.202 e. The van der Waals surface area contributed by atoms with Gasteiger partial charge in [-0.3, -0.25) is 0 Å². The van der Waals surface area contributed by atoms with E-state index in [1.165, 1.54) is 0 Å². The normalized spacial score (nSPS) is 14.4. The van der Waals surface area contributed by atoms with Crippen LogP contribution in [0.3, 0.4) is 0 Å². The summed E-state index contributed by atoms with van der Waals surface area (Å²) < 4.78 is 217. The minimum atomic E-state index is -6.60. The molecule has 0 atom stereocenters.